The minimum atomic E-state index is -0.402. The number of aromatic nitrogens is 2. The number of hydrogen-bond acceptors (Lipinski definition) is 7. The van der Waals surface area contributed by atoms with E-state index >= 15 is 0 Å². The number of benzene rings is 2. The molecule has 0 N–H and O–H groups in total. The molecule has 0 saturated carbocycles. The van der Waals surface area contributed by atoms with Crippen molar-refractivity contribution in [1.82, 2.24) is 14.7 Å². The summed E-state index contributed by atoms with van der Waals surface area (Å²) in [6.45, 7) is 6.89. The summed E-state index contributed by atoms with van der Waals surface area (Å²) >= 11 is 6.29. The summed E-state index contributed by atoms with van der Waals surface area (Å²) in [4.78, 5) is 32.9. The lowest BCUT2D eigenvalue weighted by Crippen LogP contribution is -2.35. The molecule has 3 aromatic rings. The van der Waals surface area contributed by atoms with Gasteiger partial charge in [0.15, 0.2) is 5.90 Å². The third-order valence-corrected chi connectivity index (χ3v) is 7.12. The summed E-state index contributed by atoms with van der Waals surface area (Å²) in [5.74, 6) is 1.39. The number of carbonyl (C=O) groups is 1. The van der Waals surface area contributed by atoms with Crippen LogP contribution < -0.4 is 10.3 Å². The minimum Gasteiger partial charge on any atom is -0.490 e. The Morgan fingerprint density at radius 1 is 1.22 bits per heavy atom. The summed E-state index contributed by atoms with van der Waals surface area (Å²) in [6.07, 6.45) is 6.57. The average Bonchev–Trinajstić information content (AvgIpc) is 3.38. The van der Waals surface area contributed by atoms with E-state index in [-0.39, 0.29) is 18.6 Å². The van der Waals surface area contributed by atoms with Crippen LogP contribution in [-0.2, 0) is 20.8 Å². The van der Waals surface area contributed by atoms with Crippen molar-refractivity contribution in [2.75, 3.05) is 26.8 Å². The van der Waals surface area contributed by atoms with E-state index in [4.69, 9.17) is 25.8 Å². The molecule has 0 radical (unpaired) electrons. The largest absolute Gasteiger partial charge is 0.490 e. The lowest BCUT2D eigenvalue weighted by Gasteiger charge is -2.23. The molecular formula is C31H31ClN4O5. The van der Waals surface area contributed by atoms with E-state index in [1.54, 1.807) is 50.4 Å². The second-order valence-corrected chi connectivity index (χ2v) is 10.2. The van der Waals surface area contributed by atoms with Crippen LogP contribution in [0.5, 0.6) is 5.75 Å². The van der Waals surface area contributed by atoms with Crippen molar-refractivity contribution < 1.29 is 19.0 Å². The monoisotopic (exact) mass is 574 g/mol. The van der Waals surface area contributed by atoms with Crippen LogP contribution in [0.3, 0.4) is 0 Å². The third kappa shape index (κ3) is 6.58. The fourth-order valence-electron chi connectivity index (χ4n) is 4.72. The van der Waals surface area contributed by atoms with Crippen molar-refractivity contribution in [2.24, 2.45) is 4.99 Å². The fourth-order valence-corrected chi connectivity index (χ4v) is 4.91. The molecule has 0 aliphatic carbocycles. The molecule has 0 atom stereocenters. The van der Waals surface area contributed by atoms with E-state index in [1.807, 2.05) is 24.3 Å². The van der Waals surface area contributed by atoms with Gasteiger partial charge in [-0.05, 0) is 36.4 Å². The number of nitrogens with zero attached hydrogens (tertiary/aromatic N) is 4. The van der Waals surface area contributed by atoms with Gasteiger partial charge in [0.1, 0.15) is 30.7 Å². The maximum absolute atomic E-state index is 13.7. The number of hydrogen-bond donors (Lipinski definition) is 0. The van der Waals surface area contributed by atoms with Crippen molar-refractivity contribution >= 4 is 34.2 Å². The predicted octanol–water partition coefficient (Wildman–Crippen LogP) is 5.14. The van der Waals surface area contributed by atoms with Crippen LogP contribution in [0.25, 0.3) is 22.0 Å². The average molecular weight is 575 g/mol. The molecule has 0 unspecified atom stereocenters. The van der Waals surface area contributed by atoms with Crippen LogP contribution in [-0.4, -0.2) is 59.4 Å². The second-order valence-electron chi connectivity index (χ2n) is 9.79. The Morgan fingerprint density at radius 3 is 2.73 bits per heavy atom. The van der Waals surface area contributed by atoms with Crippen molar-refractivity contribution in [1.29, 1.82) is 0 Å². The second kappa shape index (κ2) is 12.5. The van der Waals surface area contributed by atoms with Gasteiger partial charge in [-0.1, -0.05) is 36.4 Å². The number of fused-ring (bicyclic) bond motifs is 1. The highest BCUT2D eigenvalue weighted by Crippen LogP contribution is 2.30. The number of halogens is 1. The molecule has 0 spiro atoms. The number of aliphatic imine (C=N–C) groups is 1. The molecule has 1 aromatic heterocycles. The molecule has 5 rings (SSSR count). The molecule has 41 heavy (non-hydrogen) atoms. The standard InChI is InChI=1S/C31H31ClN4O5/c1-4-6-23(16-26-18-33-20(2)40-26)35(3)29(37)19-36-31(38)28-17-25(41-24-11-13-39-14-12-24)9-10-27(28)30(34-36)21-7-5-8-22(32)15-21/h4-10,15-17,24H,1,11-14,18-19H2,2-3H3/b23-6+,26-16+. The zero-order chi connectivity index (χ0) is 28.9. The van der Waals surface area contributed by atoms with Gasteiger partial charge in [0.05, 0.1) is 24.3 Å². The Bertz CT molecular complexity index is 1640. The van der Waals surface area contributed by atoms with Crippen LogP contribution in [0.2, 0.25) is 5.02 Å². The lowest BCUT2D eigenvalue weighted by molar-refractivity contribution is -0.128. The smallest absolute Gasteiger partial charge is 0.275 e. The summed E-state index contributed by atoms with van der Waals surface area (Å²) in [5, 5.41) is 6.21. The number of amides is 1. The number of rotatable bonds is 8. The minimum absolute atomic E-state index is 0.00936. The SMILES string of the molecule is C=C/C=C(\C=C1/CN=C(C)O1)N(C)C(=O)Cn1nc(-c2cccc(Cl)c2)c2ccc(OC3CCOCC3)cc2c1=O. The summed E-state index contributed by atoms with van der Waals surface area (Å²) in [7, 11) is 1.63. The van der Waals surface area contributed by atoms with Gasteiger partial charge in [0.2, 0.25) is 5.91 Å². The van der Waals surface area contributed by atoms with Crippen LogP contribution >= 0.6 is 11.6 Å². The van der Waals surface area contributed by atoms with E-state index in [2.05, 4.69) is 16.7 Å². The molecule has 0 bridgehead atoms. The van der Waals surface area contributed by atoms with E-state index in [9.17, 15) is 9.59 Å². The zero-order valence-electron chi connectivity index (χ0n) is 23.0. The Kier molecular flexibility index (Phi) is 8.66. The van der Waals surface area contributed by atoms with Gasteiger partial charge in [0.25, 0.3) is 5.56 Å². The van der Waals surface area contributed by atoms with E-state index in [0.717, 1.165) is 18.4 Å². The molecular weight excluding hydrogens is 544 g/mol. The molecule has 1 amide bonds. The Hall–Kier alpha value is -4.21. The van der Waals surface area contributed by atoms with Gasteiger partial charge < -0.3 is 19.1 Å². The van der Waals surface area contributed by atoms with E-state index in [0.29, 0.717) is 64.4 Å². The topological polar surface area (TPSA) is 95.2 Å². The van der Waals surface area contributed by atoms with Gasteiger partial charge in [-0.3, -0.25) is 9.59 Å². The fraction of sp³-hybridized carbons (Fsp3) is 0.290. The number of allylic oxidation sites excluding steroid dienone is 3. The number of carbonyl (C=O) groups excluding carboxylic acids is 1. The first kappa shape index (κ1) is 28.3. The Labute approximate surface area is 243 Å². The molecule has 3 heterocycles. The van der Waals surface area contributed by atoms with Gasteiger partial charge in [-0.25, -0.2) is 9.67 Å². The maximum Gasteiger partial charge on any atom is 0.275 e. The molecule has 1 saturated heterocycles. The maximum atomic E-state index is 13.7. The van der Waals surface area contributed by atoms with Crippen molar-refractivity contribution in [3.05, 3.63) is 94.1 Å². The van der Waals surface area contributed by atoms with Crippen molar-refractivity contribution in [3.63, 3.8) is 0 Å². The van der Waals surface area contributed by atoms with Gasteiger partial charge >= 0.3 is 0 Å². The van der Waals surface area contributed by atoms with Crippen LogP contribution in [0.1, 0.15) is 19.8 Å². The molecule has 212 valence electrons. The van der Waals surface area contributed by atoms with E-state index < -0.39 is 5.56 Å². The Morgan fingerprint density at radius 2 is 2.02 bits per heavy atom. The first-order valence-corrected chi connectivity index (χ1v) is 13.7. The molecule has 2 aliphatic heterocycles. The molecule has 10 heteroatoms. The zero-order valence-corrected chi connectivity index (χ0v) is 23.8. The Balaban J connectivity index is 1.52. The predicted molar refractivity (Wildman–Crippen MR) is 159 cm³/mol. The van der Waals surface area contributed by atoms with Crippen molar-refractivity contribution in [3.8, 4) is 17.0 Å². The third-order valence-electron chi connectivity index (χ3n) is 6.88. The van der Waals surface area contributed by atoms with Crippen LogP contribution in [0.4, 0.5) is 0 Å². The quantitative estimate of drug-likeness (QED) is 0.346. The molecule has 2 aliphatic rings. The highest BCUT2D eigenvalue weighted by molar-refractivity contribution is 6.30. The highest BCUT2D eigenvalue weighted by atomic mass is 35.5. The summed E-state index contributed by atoms with van der Waals surface area (Å²) in [5.41, 5.74) is 1.40. The summed E-state index contributed by atoms with van der Waals surface area (Å²) < 4.78 is 18.4. The first-order chi connectivity index (χ1) is 19.8. The molecule has 9 nitrogen and oxygen atoms in total. The summed E-state index contributed by atoms with van der Waals surface area (Å²) in [6, 6.07) is 12.6. The molecule has 1 fully saturated rings. The number of likely N-dealkylation sites (N-methyl/N-ethyl adjacent to an activating group) is 1. The normalized spacial score (nSPS) is 16.9. The van der Waals surface area contributed by atoms with Gasteiger partial charge in [0, 0.05) is 54.6 Å². The highest BCUT2D eigenvalue weighted by Gasteiger charge is 2.21. The first-order valence-electron chi connectivity index (χ1n) is 13.4. The van der Waals surface area contributed by atoms with Gasteiger partial charge in [-0.15, -0.1) is 0 Å². The lowest BCUT2D eigenvalue weighted by atomic mass is 10.0. The number of ether oxygens (including phenoxy) is 3. The van der Waals surface area contributed by atoms with E-state index in [1.165, 1.54) is 9.58 Å². The van der Waals surface area contributed by atoms with Crippen molar-refractivity contribution in [2.45, 2.75) is 32.4 Å². The van der Waals surface area contributed by atoms with Gasteiger partial charge in [-0.2, -0.15) is 5.10 Å². The van der Waals surface area contributed by atoms with Crippen LogP contribution in [0.15, 0.2) is 88.5 Å². The molecule has 2 aromatic carbocycles. The van der Waals surface area contributed by atoms with Crippen LogP contribution in [0, 0.1) is 0 Å².